The van der Waals surface area contributed by atoms with Gasteiger partial charge < -0.3 is 15.0 Å². The minimum atomic E-state index is -0.271. The molecule has 1 heterocycles. The Hall–Kier alpha value is -1.10. The number of methoxy groups -OCH3 is 1. The lowest BCUT2D eigenvalue weighted by atomic mass is 10.1. The van der Waals surface area contributed by atoms with Crippen molar-refractivity contribution in [1.29, 1.82) is 0 Å². The lowest BCUT2D eigenvalue weighted by Crippen LogP contribution is -2.35. The second-order valence-electron chi connectivity index (χ2n) is 5.03. The van der Waals surface area contributed by atoms with E-state index in [0.29, 0.717) is 19.0 Å². The van der Waals surface area contributed by atoms with Crippen LogP contribution >= 0.6 is 0 Å². The topological polar surface area (TPSA) is 58.6 Å². The van der Waals surface area contributed by atoms with Crippen LogP contribution < -0.4 is 5.32 Å². The van der Waals surface area contributed by atoms with Gasteiger partial charge in [0.15, 0.2) is 0 Å². The van der Waals surface area contributed by atoms with E-state index in [2.05, 4.69) is 10.1 Å². The number of hydrogen-bond acceptors (Lipinski definition) is 4. The first-order valence-electron chi connectivity index (χ1n) is 6.59. The van der Waals surface area contributed by atoms with Crippen molar-refractivity contribution in [2.45, 2.75) is 38.6 Å². The molecular formula is C13H24N2O3. The van der Waals surface area contributed by atoms with Crippen LogP contribution in [-0.2, 0) is 14.3 Å². The van der Waals surface area contributed by atoms with E-state index in [-0.39, 0.29) is 17.8 Å². The predicted molar refractivity (Wildman–Crippen MR) is 69.1 cm³/mol. The summed E-state index contributed by atoms with van der Waals surface area (Å²) in [5.41, 5.74) is 0. The fourth-order valence-corrected chi connectivity index (χ4v) is 2.28. The maximum Gasteiger partial charge on any atom is 0.310 e. The Morgan fingerprint density at radius 2 is 2.22 bits per heavy atom. The van der Waals surface area contributed by atoms with Gasteiger partial charge in [-0.15, -0.1) is 0 Å². The molecule has 1 aliphatic rings. The zero-order chi connectivity index (χ0) is 13.5. The smallest absolute Gasteiger partial charge is 0.310 e. The lowest BCUT2D eigenvalue weighted by molar-refractivity contribution is -0.146. The average Bonchev–Trinajstić information content (AvgIpc) is 2.87. The van der Waals surface area contributed by atoms with Crippen molar-refractivity contribution in [3.8, 4) is 0 Å². The van der Waals surface area contributed by atoms with E-state index in [9.17, 15) is 9.59 Å². The maximum absolute atomic E-state index is 11.9. The summed E-state index contributed by atoms with van der Waals surface area (Å²) in [6, 6.07) is 0.486. The molecular weight excluding hydrogens is 232 g/mol. The first-order chi connectivity index (χ1) is 8.54. The summed E-state index contributed by atoms with van der Waals surface area (Å²) < 4.78 is 4.65. The van der Waals surface area contributed by atoms with E-state index in [1.807, 2.05) is 0 Å². The largest absolute Gasteiger partial charge is 0.469 e. The van der Waals surface area contributed by atoms with Crippen LogP contribution in [0.15, 0.2) is 0 Å². The van der Waals surface area contributed by atoms with E-state index in [1.165, 1.54) is 13.5 Å². The molecule has 0 aliphatic carbocycles. The Labute approximate surface area is 109 Å². The zero-order valence-corrected chi connectivity index (χ0v) is 11.6. The van der Waals surface area contributed by atoms with Crippen LogP contribution in [0.2, 0.25) is 0 Å². The number of nitrogens with zero attached hydrogens (tertiary/aromatic N) is 1. The standard InChI is InChI=1S/C13H24N2O3/c1-10(13(17)18-3)9-15(2)12(16)7-6-11-5-4-8-14-11/h10-11,14H,4-9H2,1-3H3. The maximum atomic E-state index is 11.9. The van der Waals surface area contributed by atoms with Crippen molar-refractivity contribution >= 4 is 11.9 Å². The zero-order valence-electron chi connectivity index (χ0n) is 11.6. The Morgan fingerprint density at radius 1 is 1.50 bits per heavy atom. The molecule has 0 saturated carbocycles. The highest BCUT2D eigenvalue weighted by Gasteiger charge is 2.20. The molecule has 2 unspecified atom stereocenters. The Morgan fingerprint density at radius 3 is 2.78 bits per heavy atom. The third-order valence-electron chi connectivity index (χ3n) is 3.45. The Kier molecular flexibility index (Phi) is 6.12. The number of rotatable bonds is 6. The van der Waals surface area contributed by atoms with Gasteiger partial charge in [0.05, 0.1) is 13.0 Å². The van der Waals surface area contributed by atoms with E-state index in [4.69, 9.17) is 0 Å². The minimum Gasteiger partial charge on any atom is -0.469 e. The van der Waals surface area contributed by atoms with Crippen molar-refractivity contribution < 1.29 is 14.3 Å². The number of amides is 1. The normalized spacial score (nSPS) is 20.5. The van der Waals surface area contributed by atoms with Crippen LogP contribution in [0.4, 0.5) is 0 Å². The molecule has 1 saturated heterocycles. The van der Waals surface area contributed by atoms with Crippen molar-refractivity contribution in [1.82, 2.24) is 10.2 Å². The molecule has 5 heteroatoms. The van der Waals surface area contributed by atoms with Crippen LogP contribution in [0, 0.1) is 5.92 Å². The molecule has 0 bridgehead atoms. The molecule has 1 aliphatic heterocycles. The average molecular weight is 256 g/mol. The summed E-state index contributed by atoms with van der Waals surface area (Å²) in [7, 11) is 3.11. The number of nitrogens with one attached hydrogen (secondary N) is 1. The van der Waals surface area contributed by atoms with Crippen molar-refractivity contribution in [3.05, 3.63) is 0 Å². The second-order valence-corrected chi connectivity index (χ2v) is 5.03. The van der Waals surface area contributed by atoms with Gasteiger partial charge in [-0.2, -0.15) is 0 Å². The molecule has 0 spiro atoms. The first kappa shape index (κ1) is 15.0. The molecule has 1 rings (SSSR count). The van der Waals surface area contributed by atoms with E-state index in [1.54, 1.807) is 18.9 Å². The van der Waals surface area contributed by atoms with Crippen molar-refractivity contribution in [2.24, 2.45) is 5.92 Å². The SMILES string of the molecule is COC(=O)C(C)CN(C)C(=O)CCC1CCCN1. The molecule has 0 radical (unpaired) electrons. The fraction of sp³-hybridized carbons (Fsp3) is 0.846. The summed E-state index contributed by atoms with van der Waals surface area (Å²) in [6.45, 7) is 3.26. The Bertz CT molecular complexity index is 288. The highest BCUT2D eigenvalue weighted by atomic mass is 16.5. The molecule has 1 N–H and O–H groups in total. The van der Waals surface area contributed by atoms with Gasteiger partial charge >= 0.3 is 5.97 Å². The van der Waals surface area contributed by atoms with Gasteiger partial charge in [-0.25, -0.2) is 0 Å². The van der Waals surface area contributed by atoms with Crippen molar-refractivity contribution in [3.63, 3.8) is 0 Å². The monoisotopic (exact) mass is 256 g/mol. The quantitative estimate of drug-likeness (QED) is 0.714. The molecule has 0 aromatic rings. The molecule has 5 nitrogen and oxygen atoms in total. The molecule has 104 valence electrons. The number of ether oxygens (including phenoxy) is 1. The van der Waals surface area contributed by atoms with Gasteiger partial charge in [-0.05, 0) is 25.8 Å². The molecule has 0 aromatic heterocycles. The first-order valence-corrected chi connectivity index (χ1v) is 6.59. The van der Waals surface area contributed by atoms with Crippen LogP contribution in [-0.4, -0.2) is 50.1 Å². The molecule has 1 fully saturated rings. The van der Waals surface area contributed by atoms with Gasteiger partial charge in [-0.1, -0.05) is 6.92 Å². The summed E-state index contributed by atoms with van der Waals surface area (Å²) in [5.74, 6) is -0.444. The van der Waals surface area contributed by atoms with Crippen molar-refractivity contribution in [2.75, 3.05) is 27.2 Å². The van der Waals surface area contributed by atoms with Gasteiger partial charge in [-0.3, -0.25) is 9.59 Å². The van der Waals surface area contributed by atoms with Gasteiger partial charge in [0, 0.05) is 26.1 Å². The van der Waals surface area contributed by atoms with E-state index >= 15 is 0 Å². The van der Waals surface area contributed by atoms with Crippen LogP contribution in [0.3, 0.4) is 0 Å². The third-order valence-corrected chi connectivity index (χ3v) is 3.45. The van der Waals surface area contributed by atoms with E-state index in [0.717, 1.165) is 19.4 Å². The summed E-state index contributed by atoms with van der Waals surface area (Å²) in [5, 5.41) is 3.37. The Balaban J connectivity index is 2.25. The van der Waals surface area contributed by atoms with Gasteiger partial charge in [0.25, 0.3) is 0 Å². The number of esters is 1. The van der Waals surface area contributed by atoms with Gasteiger partial charge in [0.2, 0.25) is 5.91 Å². The molecule has 0 aromatic carbocycles. The van der Waals surface area contributed by atoms with E-state index < -0.39 is 0 Å². The summed E-state index contributed by atoms with van der Waals surface area (Å²) in [6.07, 6.45) is 3.79. The third kappa shape index (κ3) is 4.64. The fourth-order valence-electron chi connectivity index (χ4n) is 2.28. The lowest BCUT2D eigenvalue weighted by Gasteiger charge is -2.21. The molecule has 1 amide bonds. The van der Waals surface area contributed by atoms with Crippen LogP contribution in [0.25, 0.3) is 0 Å². The number of hydrogen-bond donors (Lipinski definition) is 1. The van der Waals surface area contributed by atoms with Crippen LogP contribution in [0.1, 0.15) is 32.6 Å². The summed E-state index contributed by atoms with van der Waals surface area (Å²) in [4.78, 5) is 24.8. The highest BCUT2D eigenvalue weighted by Crippen LogP contribution is 2.12. The van der Waals surface area contributed by atoms with Gasteiger partial charge in [0.1, 0.15) is 0 Å². The second kappa shape index (κ2) is 7.36. The number of carbonyl (C=O) groups is 2. The number of carbonyl (C=O) groups excluding carboxylic acids is 2. The summed E-state index contributed by atoms with van der Waals surface area (Å²) >= 11 is 0. The highest BCUT2D eigenvalue weighted by molar-refractivity contribution is 5.77. The predicted octanol–water partition coefficient (Wildman–Crippen LogP) is 0.786. The molecule has 2 atom stereocenters. The molecule has 18 heavy (non-hydrogen) atoms. The van der Waals surface area contributed by atoms with Crippen LogP contribution in [0.5, 0.6) is 0 Å². The minimum absolute atomic E-state index is 0.0967.